The fraction of sp³-hybridized carbons (Fsp3) is 0.259. The van der Waals surface area contributed by atoms with Crippen molar-refractivity contribution in [2.45, 2.75) is 13.0 Å². The number of nitrogens with zero attached hydrogens (tertiary/aromatic N) is 5. The van der Waals surface area contributed by atoms with Gasteiger partial charge in [0.25, 0.3) is 5.91 Å². The number of aromatic amines is 1. The smallest absolute Gasteiger partial charge is 0.256 e. The Morgan fingerprint density at radius 3 is 2.82 bits per heavy atom. The first-order valence-electron chi connectivity index (χ1n) is 12.5. The first-order valence-corrected chi connectivity index (χ1v) is 12.8. The van der Waals surface area contributed by atoms with Crippen LogP contribution in [-0.2, 0) is 0 Å². The molecule has 7 rings (SSSR count). The lowest BCUT2D eigenvalue weighted by Crippen LogP contribution is -2.35. The number of rotatable bonds is 6. The van der Waals surface area contributed by atoms with Gasteiger partial charge in [0.05, 0.1) is 40.5 Å². The number of aromatic nitrogens is 5. The number of hydrogen-bond acceptors (Lipinski definition) is 6. The summed E-state index contributed by atoms with van der Waals surface area (Å²) in [5.41, 5.74) is 3.45. The monoisotopic (exact) mass is 531 g/mol. The van der Waals surface area contributed by atoms with E-state index in [0.29, 0.717) is 24.1 Å². The van der Waals surface area contributed by atoms with Crippen LogP contribution in [0, 0.1) is 17.7 Å². The number of anilines is 1. The summed E-state index contributed by atoms with van der Waals surface area (Å²) in [4.78, 5) is 19.6. The SMILES string of the molecule is CCOc1cc(-c2ccc(N3CC4C(NC(=O)c5c(F)cccc5Cl)[C@H]4C3)nc2)c2c3cn[nH]c3nn2c1. The maximum Gasteiger partial charge on any atom is 0.256 e. The van der Waals surface area contributed by atoms with Gasteiger partial charge in [-0.05, 0) is 37.3 Å². The number of carbonyl (C=O) groups excluding carboxylic acids is 1. The van der Waals surface area contributed by atoms with Gasteiger partial charge >= 0.3 is 0 Å². The fourth-order valence-corrected chi connectivity index (χ4v) is 5.85. The molecule has 0 radical (unpaired) electrons. The number of H-pyrrole nitrogens is 1. The van der Waals surface area contributed by atoms with Crippen molar-refractivity contribution in [1.82, 2.24) is 30.1 Å². The highest BCUT2D eigenvalue weighted by Gasteiger charge is 2.56. The van der Waals surface area contributed by atoms with Crippen LogP contribution in [0.5, 0.6) is 5.75 Å². The summed E-state index contributed by atoms with van der Waals surface area (Å²) in [5, 5.41) is 15.6. The largest absolute Gasteiger partial charge is 0.492 e. The average molecular weight is 532 g/mol. The van der Waals surface area contributed by atoms with Crippen LogP contribution in [0.2, 0.25) is 5.02 Å². The number of amides is 1. The average Bonchev–Trinajstić information content (AvgIpc) is 3.31. The van der Waals surface area contributed by atoms with Crippen molar-refractivity contribution in [2.75, 3.05) is 24.6 Å². The second-order valence-corrected chi connectivity index (χ2v) is 10.1. The van der Waals surface area contributed by atoms with Crippen LogP contribution < -0.4 is 15.0 Å². The predicted molar refractivity (Wildman–Crippen MR) is 141 cm³/mol. The molecule has 1 saturated carbocycles. The third kappa shape index (κ3) is 3.66. The second-order valence-electron chi connectivity index (χ2n) is 9.68. The second kappa shape index (κ2) is 8.70. The Balaban J connectivity index is 1.08. The lowest BCUT2D eigenvalue weighted by atomic mass is 10.1. The lowest BCUT2D eigenvalue weighted by Gasteiger charge is -2.21. The van der Waals surface area contributed by atoms with E-state index in [-0.39, 0.29) is 16.6 Å². The predicted octanol–water partition coefficient (Wildman–Crippen LogP) is 4.33. The van der Waals surface area contributed by atoms with Gasteiger partial charge in [-0.2, -0.15) is 5.10 Å². The van der Waals surface area contributed by atoms with Gasteiger partial charge in [-0.25, -0.2) is 13.9 Å². The van der Waals surface area contributed by atoms with Gasteiger partial charge in [-0.3, -0.25) is 9.89 Å². The van der Waals surface area contributed by atoms with Crippen LogP contribution in [0.15, 0.2) is 55.0 Å². The van der Waals surface area contributed by atoms with Gasteiger partial charge < -0.3 is 15.0 Å². The number of halogens is 2. The van der Waals surface area contributed by atoms with E-state index in [1.807, 2.05) is 36.0 Å². The van der Waals surface area contributed by atoms with E-state index < -0.39 is 11.7 Å². The highest BCUT2D eigenvalue weighted by molar-refractivity contribution is 6.33. The molecule has 1 saturated heterocycles. The molecule has 4 aromatic heterocycles. The summed E-state index contributed by atoms with van der Waals surface area (Å²) in [5.74, 6) is 1.13. The van der Waals surface area contributed by atoms with Crippen molar-refractivity contribution < 1.29 is 13.9 Å². The molecule has 11 heteroatoms. The molecule has 9 nitrogen and oxygen atoms in total. The number of benzene rings is 1. The molecule has 2 unspecified atom stereocenters. The Bertz CT molecular complexity index is 1670. The van der Waals surface area contributed by atoms with Crippen molar-refractivity contribution in [3.8, 4) is 16.9 Å². The molecule has 38 heavy (non-hydrogen) atoms. The highest BCUT2D eigenvalue weighted by Crippen LogP contribution is 2.47. The van der Waals surface area contributed by atoms with Crippen molar-refractivity contribution in [3.05, 3.63) is 71.4 Å². The van der Waals surface area contributed by atoms with Crippen molar-refractivity contribution in [3.63, 3.8) is 0 Å². The zero-order chi connectivity index (χ0) is 26.0. The zero-order valence-corrected chi connectivity index (χ0v) is 21.1. The summed E-state index contributed by atoms with van der Waals surface area (Å²) >= 11 is 6.05. The number of ether oxygens (including phenoxy) is 1. The highest BCUT2D eigenvalue weighted by atomic mass is 35.5. The Hall–Kier alpha value is -4.18. The van der Waals surface area contributed by atoms with E-state index >= 15 is 0 Å². The Kier molecular flexibility index (Phi) is 5.26. The minimum absolute atomic E-state index is 0.0162. The molecule has 2 aliphatic rings. The molecule has 192 valence electrons. The molecule has 1 aliphatic carbocycles. The fourth-order valence-electron chi connectivity index (χ4n) is 5.60. The van der Waals surface area contributed by atoms with Gasteiger partial charge in [-0.15, -0.1) is 5.10 Å². The number of nitrogens with one attached hydrogen (secondary N) is 2. The van der Waals surface area contributed by atoms with Crippen LogP contribution in [0.4, 0.5) is 10.2 Å². The molecule has 1 aromatic carbocycles. The lowest BCUT2D eigenvalue weighted by molar-refractivity contribution is 0.0943. The third-order valence-corrected chi connectivity index (χ3v) is 7.79. The minimum atomic E-state index is -0.611. The van der Waals surface area contributed by atoms with Gasteiger partial charge in [0.1, 0.15) is 17.4 Å². The van der Waals surface area contributed by atoms with E-state index in [9.17, 15) is 9.18 Å². The molecule has 0 spiro atoms. The molecule has 0 bridgehead atoms. The molecule has 2 fully saturated rings. The van der Waals surface area contributed by atoms with Crippen molar-refractivity contribution >= 4 is 39.9 Å². The molecule has 5 aromatic rings. The Labute approximate surface area is 221 Å². The molecule has 1 aliphatic heterocycles. The summed E-state index contributed by atoms with van der Waals surface area (Å²) in [6, 6.07) is 10.3. The summed E-state index contributed by atoms with van der Waals surface area (Å²) in [6.07, 6.45) is 5.50. The van der Waals surface area contributed by atoms with Crippen LogP contribution in [0.3, 0.4) is 0 Å². The van der Waals surface area contributed by atoms with Crippen LogP contribution in [0.1, 0.15) is 17.3 Å². The summed E-state index contributed by atoms with van der Waals surface area (Å²) < 4.78 is 21.7. The van der Waals surface area contributed by atoms with Crippen LogP contribution in [0.25, 0.3) is 27.7 Å². The van der Waals surface area contributed by atoms with Crippen molar-refractivity contribution in [1.29, 1.82) is 0 Å². The van der Waals surface area contributed by atoms with E-state index in [0.717, 1.165) is 46.7 Å². The molecular weight excluding hydrogens is 509 g/mol. The molecule has 2 N–H and O–H groups in total. The van der Waals surface area contributed by atoms with Gasteiger partial charge in [-0.1, -0.05) is 17.7 Å². The summed E-state index contributed by atoms with van der Waals surface area (Å²) in [7, 11) is 0. The third-order valence-electron chi connectivity index (χ3n) is 7.48. The molecular formula is C27H23ClFN7O2. The quantitative estimate of drug-likeness (QED) is 0.338. The molecule has 1 amide bonds. The first kappa shape index (κ1) is 23.0. The van der Waals surface area contributed by atoms with Gasteiger partial charge in [0, 0.05) is 48.3 Å². The normalized spacial score (nSPS) is 20.2. The minimum Gasteiger partial charge on any atom is -0.492 e. The maximum atomic E-state index is 14.1. The Morgan fingerprint density at radius 1 is 1.24 bits per heavy atom. The first-order chi connectivity index (χ1) is 18.5. The maximum absolute atomic E-state index is 14.1. The van der Waals surface area contributed by atoms with Crippen LogP contribution >= 0.6 is 11.6 Å². The number of piperidine rings is 1. The number of pyridine rings is 2. The van der Waals surface area contributed by atoms with Gasteiger partial charge in [0.2, 0.25) is 0 Å². The Morgan fingerprint density at radius 2 is 2.08 bits per heavy atom. The van der Waals surface area contributed by atoms with E-state index in [2.05, 4.69) is 31.6 Å². The zero-order valence-electron chi connectivity index (χ0n) is 20.4. The number of hydrogen-bond donors (Lipinski definition) is 2. The van der Waals surface area contributed by atoms with Crippen molar-refractivity contribution in [2.24, 2.45) is 11.8 Å². The standard InChI is InChI=1S/C27H23ClFN7O2/c1-2-38-15-8-16(25-17-10-31-33-26(17)34-36(25)11-15)14-6-7-22(30-9-14)35-12-18-19(13-35)24(18)32-27(37)23-20(28)4-3-5-21(23)29/h3-11,18-19,24H,2,12-13H2,1H3,(H,32,37)(H,33,34)/t18-,19?,24?/m0/s1. The molecule has 3 atom stereocenters. The summed E-state index contributed by atoms with van der Waals surface area (Å²) in [6.45, 7) is 4.04. The van der Waals surface area contributed by atoms with E-state index in [1.54, 1.807) is 6.20 Å². The van der Waals surface area contributed by atoms with E-state index in [4.69, 9.17) is 21.3 Å². The number of fused-ring (bicyclic) bond motifs is 4. The molecule has 5 heterocycles. The van der Waals surface area contributed by atoms with Crippen LogP contribution in [-0.4, -0.2) is 56.4 Å². The van der Waals surface area contributed by atoms with E-state index in [1.165, 1.54) is 18.2 Å². The van der Waals surface area contributed by atoms with Gasteiger partial charge in [0.15, 0.2) is 5.65 Å². The number of carbonyl (C=O) groups is 1. The topological polar surface area (TPSA) is 100 Å².